The quantitative estimate of drug-likeness (QED) is 0.385. The number of aliphatic hydroxyl groups excluding tert-OH is 1. The van der Waals surface area contributed by atoms with Gasteiger partial charge < -0.3 is 20.1 Å². The number of aliphatic hydroxyl groups is 1. The molecule has 0 aliphatic rings. The molecule has 0 amide bonds. The minimum atomic E-state index is -0.935. The summed E-state index contributed by atoms with van der Waals surface area (Å²) in [4.78, 5) is 19.2. The van der Waals surface area contributed by atoms with Crippen LogP contribution in [0.4, 0.5) is 0 Å². The van der Waals surface area contributed by atoms with Crippen molar-refractivity contribution in [1.29, 1.82) is 0 Å². The minimum absolute atomic E-state index is 0.0911. The molecule has 0 aliphatic heterocycles. The van der Waals surface area contributed by atoms with E-state index in [1.54, 1.807) is 6.08 Å². The van der Waals surface area contributed by atoms with Gasteiger partial charge in [-0.15, -0.1) is 6.58 Å². The van der Waals surface area contributed by atoms with E-state index in [1.165, 1.54) is 13.8 Å². The Kier molecular flexibility index (Phi) is 18.9. The number of carboxylic acids is 2. The van der Waals surface area contributed by atoms with Gasteiger partial charge in [0.05, 0.1) is 19.8 Å². The van der Waals surface area contributed by atoms with Gasteiger partial charge in [0.25, 0.3) is 0 Å². The summed E-state index contributed by atoms with van der Waals surface area (Å²) in [5.41, 5.74) is 0.352. The largest absolute Gasteiger partial charge is 0.478 e. The van der Waals surface area contributed by atoms with Crippen molar-refractivity contribution in [3.63, 3.8) is 0 Å². The number of carbonyl (C=O) groups is 2. The number of ether oxygens (including phenoxy) is 1. The summed E-state index contributed by atoms with van der Waals surface area (Å²) in [5, 5.41) is 23.9. The molecule has 0 heterocycles. The second-order valence-electron chi connectivity index (χ2n) is 3.26. The maximum Gasteiger partial charge on any atom is 0.330 e. The summed E-state index contributed by atoms with van der Waals surface area (Å²) >= 11 is 0. The predicted octanol–water partition coefficient (Wildman–Crippen LogP) is 1.48. The van der Waals surface area contributed by atoms with Crippen LogP contribution in [0, 0.1) is 0 Å². The Morgan fingerprint density at radius 1 is 1.11 bits per heavy atom. The number of aliphatic carboxylic acids is 2. The zero-order valence-electron chi connectivity index (χ0n) is 11.4. The second kappa shape index (κ2) is 16.1. The molecule has 0 aliphatic carbocycles. The molecular formula is C13H22O6. The van der Waals surface area contributed by atoms with Gasteiger partial charge in [-0.05, 0) is 13.8 Å². The summed E-state index contributed by atoms with van der Waals surface area (Å²) in [7, 11) is 0. The van der Waals surface area contributed by atoms with Crippen LogP contribution in [0.5, 0.6) is 0 Å². The number of carboxylic acid groups (broad SMARTS) is 2. The lowest BCUT2D eigenvalue weighted by Crippen LogP contribution is -1.97. The van der Waals surface area contributed by atoms with Crippen molar-refractivity contribution in [2.45, 2.75) is 13.8 Å². The molecule has 0 unspecified atom stereocenters. The summed E-state index contributed by atoms with van der Waals surface area (Å²) in [6, 6.07) is 0. The zero-order valence-corrected chi connectivity index (χ0v) is 11.4. The molecule has 0 radical (unpaired) electrons. The molecule has 0 aromatic heterocycles. The Labute approximate surface area is 113 Å². The first-order valence-corrected chi connectivity index (χ1v) is 5.27. The first-order valence-electron chi connectivity index (χ1n) is 5.27. The molecular weight excluding hydrogens is 252 g/mol. The molecule has 0 rings (SSSR count). The van der Waals surface area contributed by atoms with Crippen molar-refractivity contribution < 1.29 is 29.6 Å². The molecule has 0 saturated carbocycles. The van der Waals surface area contributed by atoms with Gasteiger partial charge in [-0.1, -0.05) is 19.2 Å². The van der Waals surface area contributed by atoms with Gasteiger partial charge in [0.1, 0.15) is 0 Å². The van der Waals surface area contributed by atoms with Crippen LogP contribution in [0.1, 0.15) is 13.8 Å². The molecule has 0 saturated heterocycles. The van der Waals surface area contributed by atoms with Crippen molar-refractivity contribution in [1.82, 2.24) is 0 Å². The van der Waals surface area contributed by atoms with E-state index in [0.717, 1.165) is 0 Å². The van der Waals surface area contributed by atoms with E-state index in [2.05, 4.69) is 19.7 Å². The molecule has 6 nitrogen and oxygen atoms in total. The van der Waals surface area contributed by atoms with Gasteiger partial charge in [0, 0.05) is 11.1 Å². The van der Waals surface area contributed by atoms with Crippen LogP contribution in [0.3, 0.4) is 0 Å². The van der Waals surface area contributed by atoms with Gasteiger partial charge in [-0.3, -0.25) is 0 Å². The fourth-order valence-electron chi connectivity index (χ4n) is 0.231. The highest BCUT2D eigenvalue weighted by Gasteiger charge is 1.90. The first kappa shape index (κ1) is 22.3. The molecule has 0 aromatic rings. The Morgan fingerprint density at radius 3 is 1.58 bits per heavy atom. The van der Waals surface area contributed by atoms with Gasteiger partial charge in [-0.2, -0.15) is 0 Å². The van der Waals surface area contributed by atoms with Gasteiger partial charge >= 0.3 is 11.9 Å². The molecule has 3 N–H and O–H groups in total. The van der Waals surface area contributed by atoms with Crippen LogP contribution >= 0.6 is 0 Å². The van der Waals surface area contributed by atoms with Gasteiger partial charge in [0.2, 0.25) is 0 Å². The monoisotopic (exact) mass is 274 g/mol. The zero-order chi connectivity index (χ0) is 15.8. The third-order valence-electron chi connectivity index (χ3n) is 1.20. The van der Waals surface area contributed by atoms with E-state index in [-0.39, 0.29) is 17.8 Å². The average Bonchev–Trinajstić information content (AvgIpc) is 2.31. The average molecular weight is 274 g/mol. The molecule has 19 heavy (non-hydrogen) atoms. The molecule has 0 bridgehead atoms. The molecule has 110 valence electrons. The highest BCUT2D eigenvalue weighted by molar-refractivity contribution is 5.85. The lowest BCUT2D eigenvalue weighted by Gasteiger charge is -1.92. The van der Waals surface area contributed by atoms with Crippen molar-refractivity contribution in [2.75, 3.05) is 19.8 Å². The Bertz CT molecular complexity index is 258. The van der Waals surface area contributed by atoms with Crippen LogP contribution in [0.15, 0.2) is 37.0 Å². The third kappa shape index (κ3) is 31.4. The number of rotatable bonds is 6. The summed E-state index contributed by atoms with van der Waals surface area (Å²) in [6.07, 6.45) is 1.65. The number of hydrogen-bond donors (Lipinski definition) is 3. The lowest BCUT2D eigenvalue weighted by atomic mass is 10.4. The summed E-state index contributed by atoms with van der Waals surface area (Å²) in [5.74, 6) is -1.87. The van der Waals surface area contributed by atoms with Crippen molar-refractivity contribution in [3.05, 3.63) is 37.0 Å². The van der Waals surface area contributed by atoms with Gasteiger partial charge in [0.15, 0.2) is 0 Å². The fourth-order valence-corrected chi connectivity index (χ4v) is 0.231. The molecule has 0 atom stereocenters. The van der Waals surface area contributed by atoms with Crippen LogP contribution < -0.4 is 0 Å². The Morgan fingerprint density at radius 2 is 1.42 bits per heavy atom. The SMILES string of the molecule is C=C(C)C(=O)O.C=C(C)C(=O)O.C=CCOCCO. The smallest absolute Gasteiger partial charge is 0.330 e. The van der Waals surface area contributed by atoms with Crippen LogP contribution in [0.25, 0.3) is 0 Å². The second-order valence-corrected chi connectivity index (χ2v) is 3.26. The number of hydrogen-bond acceptors (Lipinski definition) is 4. The van der Waals surface area contributed by atoms with Gasteiger partial charge in [-0.25, -0.2) is 9.59 Å². The Balaban J connectivity index is -0.000000203. The van der Waals surface area contributed by atoms with E-state index in [0.29, 0.717) is 13.2 Å². The maximum atomic E-state index is 9.60. The summed E-state index contributed by atoms with van der Waals surface area (Å²) in [6.45, 7) is 13.7. The molecule has 0 spiro atoms. The van der Waals surface area contributed by atoms with Crippen LogP contribution in [-0.2, 0) is 14.3 Å². The molecule has 6 heteroatoms. The van der Waals surface area contributed by atoms with E-state index >= 15 is 0 Å². The molecule has 0 aromatic carbocycles. The Hall–Kier alpha value is -1.92. The van der Waals surface area contributed by atoms with Crippen LogP contribution in [-0.4, -0.2) is 47.1 Å². The molecule has 0 fully saturated rings. The van der Waals surface area contributed by atoms with Crippen molar-refractivity contribution in [2.24, 2.45) is 0 Å². The van der Waals surface area contributed by atoms with Crippen LogP contribution in [0.2, 0.25) is 0 Å². The normalized spacial score (nSPS) is 7.95. The third-order valence-corrected chi connectivity index (χ3v) is 1.20. The topological polar surface area (TPSA) is 104 Å². The highest BCUT2D eigenvalue weighted by atomic mass is 16.5. The standard InChI is InChI=1S/C5H10O2.2C4H6O2/c1-2-4-7-5-3-6;2*1-3(2)4(5)6/h2,6H,1,3-5H2;2*1H2,2H3,(H,5,6). The van der Waals surface area contributed by atoms with E-state index in [9.17, 15) is 9.59 Å². The van der Waals surface area contributed by atoms with Crippen molar-refractivity contribution >= 4 is 11.9 Å². The predicted molar refractivity (Wildman–Crippen MR) is 73.0 cm³/mol. The van der Waals surface area contributed by atoms with E-state index in [4.69, 9.17) is 20.1 Å². The lowest BCUT2D eigenvalue weighted by molar-refractivity contribution is -0.133. The minimum Gasteiger partial charge on any atom is -0.478 e. The summed E-state index contributed by atoms with van der Waals surface area (Å²) < 4.78 is 4.76. The maximum absolute atomic E-state index is 9.60. The fraction of sp³-hybridized carbons (Fsp3) is 0.385. The van der Waals surface area contributed by atoms with E-state index in [1.807, 2.05) is 0 Å². The highest BCUT2D eigenvalue weighted by Crippen LogP contribution is 1.81. The van der Waals surface area contributed by atoms with E-state index < -0.39 is 11.9 Å². The van der Waals surface area contributed by atoms with Crippen molar-refractivity contribution in [3.8, 4) is 0 Å². The first-order chi connectivity index (χ1) is 8.70.